The monoisotopic (exact) mass is 286 g/mol. The van der Waals surface area contributed by atoms with Crippen molar-refractivity contribution in [1.82, 2.24) is 10.3 Å². The Labute approximate surface area is 130 Å². The zero-order chi connectivity index (χ0) is 14.9. The summed E-state index contributed by atoms with van der Waals surface area (Å²) in [6.45, 7) is 5.51. The molecule has 0 aromatic carbocycles. The van der Waals surface area contributed by atoms with Gasteiger partial charge in [0.15, 0.2) is 0 Å². The highest BCUT2D eigenvalue weighted by Gasteiger charge is 2.13. The average Bonchev–Trinajstić information content (AvgIpc) is 2.54. The van der Waals surface area contributed by atoms with E-state index in [4.69, 9.17) is 0 Å². The van der Waals surface area contributed by atoms with Gasteiger partial charge in [0.1, 0.15) is 0 Å². The van der Waals surface area contributed by atoms with E-state index in [9.17, 15) is 0 Å². The second-order valence-corrected chi connectivity index (χ2v) is 6.18. The fourth-order valence-electron chi connectivity index (χ4n) is 3.01. The molecule has 1 heterocycles. The van der Waals surface area contributed by atoms with Gasteiger partial charge in [-0.05, 0) is 63.1 Å². The first-order valence-corrected chi connectivity index (χ1v) is 8.67. The number of nitrogens with zero attached hydrogens (tertiary/aromatic N) is 1. The number of aryl methyl sites for hydroxylation is 1. The average molecular weight is 286 g/mol. The highest BCUT2D eigenvalue weighted by atomic mass is 14.9. The lowest BCUT2D eigenvalue weighted by Gasteiger charge is -2.22. The highest BCUT2D eigenvalue weighted by Crippen LogP contribution is 2.22. The van der Waals surface area contributed by atoms with Gasteiger partial charge >= 0.3 is 0 Å². The van der Waals surface area contributed by atoms with Crippen LogP contribution in [0.5, 0.6) is 0 Å². The molecule has 1 aliphatic carbocycles. The van der Waals surface area contributed by atoms with Crippen molar-refractivity contribution in [1.29, 1.82) is 0 Å². The lowest BCUT2D eigenvalue weighted by molar-refractivity contribution is 0.486. The Morgan fingerprint density at radius 3 is 2.71 bits per heavy atom. The zero-order valence-corrected chi connectivity index (χ0v) is 13.7. The van der Waals surface area contributed by atoms with Crippen LogP contribution < -0.4 is 5.32 Å². The maximum Gasteiger partial charge on any atom is 0.0419 e. The van der Waals surface area contributed by atoms with E-state index < -0.39 is 0 Å². The van der Waals surface area contributed by atoms with Crippen molar-refractivity contribution in [2.24, 2.45) is 0 Å². The molecule has 116 valence electrons. The van der Waals surface area contributed by atoms with Gasteiger partial charge in [-0.3, -0.25) is 4.98 Å². The molecule has 1 aliphatic rings. The second kappa shape index (κ2) is 8.99. The fraction of sp³-hybridized carbons (Fsp3) is 0.632. The SMILES string of the molecule is CCCNC(CC1=CCCCC1)Cc1ccc(CC)cn1. The maximum atomic E-state index is 4.63. The van der Waals surface area contributed by atoms with Crippen molar-refractivity contribution < 1.29 is 0 Å². The minimum absolute atomic E-state index is 0.536. The summed E-state index contributed by atoms with van der Waals surface area (Å²) in [5, 5.41) is 3.71. The first-order valence-electron chi connectivity index (χ1n) is 8.67. The van der Waals surface area contributed by atoms with Crippen molar-refractivity contribution in [3.05, 3.63) is 41.2 Å². The van der Waals surface area contributed by atoms with Crippen molar-refractivity contribution in [2.75, 3.05) is 6.54 Å². The highest BCUT2D eigenvalue weighted by molar-refractivity contribution is 5.16. The van der Waals surface area contributed by atoms with Gasteiger partial charge in [-0.1, -0.05) is 31.6 Å². The molecule has 21 heavy (non-hydrogen) atoms. The smallest absolute Gasteiger partial charge is 0.0419 e. The van der Waals surface area contributed by atoms with E-state index in [0.29, 0.717) is 6.04 Å². The predicted octanol–water partition coefficient (Wildman–Crippen LogP) is 4.45. The minimum Gasteiger partial charge on any atom is -0.313 e. The number of aromatic nitrogens is 1. The molecule has 2 rings (SSSR count). The third-order valence-electron chi connectivity index (χ3n) is 4.33. The molecule has 0 bridgehead atoms. The van der Waals surface area contributed by atoms with Gasteiger partial charge < -0.3 is 5.32 Å². The number of allylic oxidation sites excluding steroid dienone is 1. The summed E-state index contributed by atoms with van der Waals surface area (Å²) in [5.41, 5.74) is 4.20. The Morgan fingerprint density at radius 1 is 1.19 bits per heavy atom. The van der Waals surface area contributed by atoms with Crippen molar-refractivity contribution in [3.8, 4) is 0 Å². The van der Waals surface area contributed by atoms with Crippen LogP contribution in [0.25, 0.3) is 0 Å². The number of hydrogen-bond acceptors (Lipinski definition) is 2. The van der Waals surface area contributed by atoms with E-state index in [2.05, 4.69) is 42.4 Å². The summed E-state index contributed by atoms with van der Waals surface area (Å²) in [6, 6.07) is 4.96. The van der Waals surface area contributed by atoms with Gasteiger partial charge in [0.05, 0.1) is 0 Å². The van der Waals surface area contributed by atoms with Crippen LogP contribution in [0.2, 0.25) is 0 Å². The Bertz CT molecular complexity index is 433. The van der Waals surface area contributed by atoms with E-state index in [1.54, 1.807) is 5.57 Å². The molecule has 0 radical (unpaired) electrons. The van der Waals surface area contributed by atoms with Gasteiger partial charge in [0, 0.05) is 24.4 Å². The Balaban J connectivity index is 1.95. The molecule has 0 spiro atoms. The van der Waals surface area contributed by atoms with E-state index in [1.807, 2.05) is 6.20 Å². The van der Waals surface area contributed by atoms with Gasteiger partial charge in [0.25, 0.3) is 0 Å². The zero-order valence-electron chi connectivity index (χ0n) is 13.7. The lowest BCUT2D eigenvalue weighted by Crippen LogP contribution is -2.32. The summed E-state index contributed by atoms with van der Waals surface area (Å²) < 4.78 is 0. The van der Waals surface area contributed by atoms with E-state index >= 15 is 0 Å². The molecule has 1 aromatic rings. The molecule has 0 saturated carbocycles. The summed E-state index contributed by atoms with van der Waals surface area (Å²) in [6.07, 6.45) is 14.3. The molecule has 0 saturated heterocycles. The van der Waals surface area contributed by atoms with Crippen LogP contribution in [0.4, 0.5) is 0 Å². The van der Waals surface area contributed by atoms with Crippen molar-refractivity contribution >= 4 is 0 Å². The predicted molar refractivity (Wildman–Crippen MR) is 90.6 cm³/mol. The maximum absolute atomic E-state index is 4.63. The third-order valence-corrected chi connectivity index (χ3v) is 4.33. The van der Waals surface area contributed by atoms with E-state index in [1.165, 1.54) is 49.8 Å². The molecule has 1 atom stereocenters. The van der Waals surface area contributed by atoms with Crippen LogP contribution in [-0.2, 0) is 12.8 Å². The van der Waals surface area contributed by atoms with Gasteiger partial charge in [-0.25, -0.2) is 0 Å². The van der Waals surface area contributed by atoms with Crippen LogP contribution >= 0.6 is 0 Å². The second-order valence-electron chi connectivity index (χ2n) is 6.18. The number of pyridine rings is 1. The number of nitrogens with one attached hydrogen (secondary N) is 1. The normalized spacial score (nSPS) is 16.6. The summed E-state index contributed by atoms with van der Waals surface area (Å²) >= 11 is 0. The number of rotatable bonds is 8. The van der Waals surface area contributed by atoms with Crippen LogP contribution in [0.3, 0.4) is 0 Å². The molecular weight excluding hydrogens is 256 g/mol. The van der Waals surface area contributed by atoms with Crippen LogP contribution in [0.1, 0.15) is 63.6 Å². The van der Waals surface area contributed by atoms with Crippen LogP contribution in [0, 0.1) is 0 Å². The molecular formula is C19H30N2. The molecule has 1 N–H and O–H groups in total. The first-order chi connectivity index (χ1) is 10.3. The largest absolute Gasteiger partial charge is 0.313 e. The minimum atomic E-state index is 0.536. The van der Waals surface area contributed by atoms with E-state index in [0.717, 1.165) is 19.4 Å². The van der Waals surface area contributed by atoms with Crippen LogP contribution in [0.15, 0.2) is 30.0 Å². The molecule has 1 aromatic heterocycles. The Morgan fingerprint density at radius 2 is 2.10 bits per heavy atom. The number of hydrogen-bond donors (Lipinski definition) is 1. The molecule has 2 nitrogen and oxygen atoms in total. The topological polar surface area (TPSA) is 24.9 Å². The van der Waals surface area contributed by atoms with E-state index in [-0.39, 0.29) is 0 Å². The third kappa shape index (κ3) is 5.62. The van der Waals surface area contributed by atoms with Gasteiger partial charge in [-0.2, -0.15) is 0 Å². The summed E-state index contributed by atoms with van der Waals surface area (Å²) in [4.78, 5) is 4.63. The van der Waals surface area contributed by atoms with Gasteiger partial charge in [-0.15, -0.1) is 0 Å². The quantitative estimate of drug-likeness (QED) is 0.714. The van der Waals surface area contributed by atoms with Crippen LogP contribution in [-0.4, -0.2) is 17.6 Å². The summed E-state index contributed by atoms with van der Waals surface area (Å²) in [5.74, 6) is 0. The molecule has 0 amide bonds. The molecule has 2 heteroatoms. The first kappa shape index (κ1) is 16.2. The van der Waals surface area contributed by atoms with Crippen molar-refractivity contribution in [3.63, 3.8) is 0 Å². The van der Waals surface area contributed by atoms with Gasteiger partial charge in [0.2, 0.25) is 0 Å². The lowest BCUT2D eigenvalue weighted by atomic mass is 9.92. The van der Waals surface area contributed by atoms with Crippen molar-refractivity contribution in [2.45, 2.75) is 71.3 Å². The molecule has 1 unspecified atom stereocenters. The Kier molecular flexibility index (Phi) is 6.94. The summed E-state index contributed by atoms with van der Waals surface area (Å²) in [7, 11) is 0. The Hall–Kier alpha value is -1.15. The fourth-order valence-corrected chi connectivity index (χ4v) is 3.01. The molecule has 0 aliphatic heterocycles. The molecule has 0 fully saturated rings. The standard InChI is InChI=1S/C19H30N2/c1-3-12-20-19(13-17-8-6-5-7-9-17)14-18-11-10-16(4-2)15-21-18/h8,10-11,15,19-20H,3-7,9,12-14H2,1-2H3.